The van der Waals surface area contributed by atoms with Gasteiger partial charge in [0, 0.05) is 23.9 Å². The van der Waals surface area contributed by atoms with Crippen LogP contribution in [-0.2, 0) is 9.53 Å². The van der Waals surface area contributed by atoms with Crippen molar-refractivity contribution in [2.24, 2.45) is 5.73 Å². The molecule has 0 fully saturated rings. The molecule has 0 bridgehead atoms. The van der Waals surface area contributed by atoms with Gasteiger partial charge in [-0.3, -0.25) is 4.79 Å². The maximum atomic E-state index is 11.3. The molecule has 88 valence electrons. The lowest BCUT2D eigenvalue weighted by atomic mass is 9.91. The fraction of sp³-hybridized carbons (Fsp3) is 0.545. The Morgan fingerprint density at radius 3 is 2.88 bits per heavy atom. The van der Waals surface area contributed by atoms with E-state index in [-0.39, 0.29) is 24.3 Å². The summed E-state index contributed by atoms with van der Waals surface area (Å²) in [6.07, 6.45) is 4.14. The molecule has 0 aliphatic heterocycles. The molecule has 0 spiro atoms. The number of nitrogens with zero attached hydrogens (tertiary/aromatic N) is 2. The van der Waals surface area contributed by atoms with Gasteiger partial charge in [-0.2, -0.15) is 0 Å². The number of methoxy groups -OCH3 is 1. The summed E-state index contributed by atoms with van der Waals surface area (Å²) in [4.78, 5) is 19.3. The monoisotopic (exact) mass is 223 g/mol. The summed E-state index contributed by atoms with van der Waals surface area (Å²) < 4.78 is 4.66. The average molecular weight is 223 g/mol. The van der Waals surface area contributed by atoms with Crippen molar-refractivity contribution < 1.29 is 9.53 Å². The van der Waals surface area contributed by atoms with Crippen molar-refractivity contribution >= 4 is 5.97 Å². The second-order valence-electron chi connectivity index (χ2n) is 3.59. The molecular weight excluding hydrogens is 206 g/mol. The first-order valence-corrected chi connectivity index (χ1v) is 5.27. The van der Waals surface area contributed by atoms with Crippen molar-refractivity contribution in [1.29, 1.82) is 0 Å². The van der Waals surface area contributed by atoms with E-state index in [0.717, 1.165) is 12.1 Å². The second kappa shape index (κ2) is 6.17. The van der Waals surface area contributed by atoms with Crippen LogP contribution in [0.4, 0.5) is 0 Å². The van der Waals surface area contributed by atoms with E-state index in [1.54, 1.807) is 12.3 Å². The predicted molar refractivity (Wildman–Crippen MR) is 59.7 cm³/mol. The van der Waals surface area contributed by atoms with Crippen LogP contribution >= 0.6 is 0 Å². The maximum Gasteiger partial charge on any atom is 0.306 e. The molecule has 0 aromatic carbocycles. The summed E-state index contributed by atoms with van der Waals surface area (Å²) >= 11 is 0. The van der Waals surface area contributed by atoms with Crippen molar-refractivity contribution in [3.63, 3.8) is 0 Å². The SMILES string of the molecule is CCC(N)C(CC(=O)OC)c1ccncn1. The number of nitrogens with two attached hydrogens (primary N) is 1. The Morgan fingerprint density at radius 2 is 2.38 bits per heavy atom. The average Bonchev–Trinajstić information content (AvgIpc) is 2.35. The summed E-state index contributed by atoms with van der Waals surface area (Å²) in [7, 11) is 1.37. The number of carbonyl (C=O) groups is 1. The highest BCUT2D eigenvalue weighted by atomic mass is 16.5. The van der Waals surface area contributed by atoms with Gasteiger partial charge < -0.3 is 10.5 Å². The molecule has 5 heteroatoms. The Balaban J connectivity index is 2.83. The molecule has 0 amide bonds. The number of hydrogen-bond acceptors (Lipinski definition) is 5. The smallest absolute Gasteiger partial charge is 0.306 e. The largest absolute Gasteiger partial charge is 0.469 e. The van der Waals surface area contributed by atoms with Gasteiger partial charge in [0.05, 0.1) is 13.5 Å². The van der Waals surface area contributed by atoms with Crippen LogP contribution in [0.15, 0.2) is 18.6 Å². The summed E-state index contributed by atoms with van der Waals surface area (Å²) in [6.45, 7) is 1.98. The van der Waals surface area contributed by atoms with Crippen molar-refractivity contribution in [2.75, 3.05) is 7.11 Å². The summed E-state index contributed by atoms with van der Waals surface area (Å²) in [6, 6.07) is 1.68. The third-order valence-electron chi connectivity index (χ3n) is 2.59. The van der Waals surface area contributed by atoms with E-state index in [4.69, 9.17) is 5.73 Å². The van der Waals surface area contributed by atoms with Gasteiger partial charge in [0.25, 0.3) is 0 Å². The number of aromatic nitrogens is 2. The van der Waals surface area contributed by atoms with Gasteiger partial charge in [0.2, 0.25) is 0 Å². The van der Waals surface area contributed by atoms with Gasteiger partial charge in [-0.15, -0.1) is 0 Å². The van der Waals surface area contributed by atoms with Crippen LogP contribution in [0.1, 0.15) is 31.4 Å². The minimum Gasteiger partial charge on any atom is -0.469 e. The minimum absolute atomic E-state index is 0.103. The van der Waals surface area contributed by atoms with E-state index in [1.165, 1.54) is 13.4 Å². The molecule has 1 aromatic heterocycles. The first-order valence-electron chi connectivity index (χ1n) is 5.27. The van der Waals surface area contributed by atoms with Gasteiger partial charge >= 0.3 is 5.97 Å². The van der Waals surface area contributed by atoms with Crippen molar-refractivity contribution in [3.8, 4) is 0 Å². The van der Waals surface area contributed by atoms with Crippen LogP contribution in [-0.4, -0.2) is 29.1 Å². The van der Waals surface area contributed by atoms with Crippen LogP contribution in [0.25, 0.3) is 0 Å². The Kier molecular flexibility index (Phi) is 4.85. The molecule has 16 heavy (non-hydrogen) atoms. The van der Waals surface area contributed by atoms with E-state index in [2.05, 4.69) is 14.7 Å². The van der Waals surface area contributed by atoms with Gasteiger partial charge in [-0.25, -0.2) is 9.97 Å². The lowest BCUT2D eigenvalue weighted by Gasteiger charge is -2.20. The fourth-order valence-electron chi connectivity index (χ4n) is 1.54. The zero-order valence-electron chi connectivity index (χ0n) is 9.59. The van der Waals surface area contributed by atoms with E-state index in [1.807, 2.05) is 6.92 Å². The normalized spacial score (nSPS) is 14.2. The van der Waals surface area contributed by atoms with E-state index >= 15 is 0 Å². The quantitative estimate of drug-likeness (QED) is 0.749. The third kappa shape index (κ3) is 3.27. The molecule has 5 nitrogen and oxygen atoms in total. The molecule has 0 aliphatic rings. The lowest BCUT2D eigenvalue weighted by Crippen LogP contribution is -2.30. The minimum atomic E-state index is -0.271. The molecule has 1 heterocycles. The topological polar surface area (TPSA) is 78.1 Å². The molecule has 1 aromatic rings. The van der Waals surface area contributed by atoms with Crippen LogP contribution < -0.4 is 5.73 Å². The number of carbonyl (C=O) groups excluding carboxylic acids is 1. The van der Waals surface area contributed by atoms with E-state index in [9.17, 15) is 4.79 Å². The highest BCUT2D eigenvalue weighted by Crippen LogP contribution is 2.22. The maximum absolute atomic E-state index is 11.3. The predicted octanol–water partition coefficient (Wildman–Crippen LogP) is 0.861. The van der Waals surface area contributed by atoms with Crippen molar-refractivity contribution in [1.82, 2.24) is 9.97 Å². The molecule has 0 saturated carbocycles. The summed E-state index contributed by atoms with van der Waals surface area (Å²) in [5.41, 5.74) is 6.77. The van der Waals surface area contributed by atoms with Crippen LogP contribution in [0.5, 0.6) is 0 Å². The van der Waals surface area contributed by atoms with Gasteiger partial charge in [0.1, 0.15) is 6.33 Å². The zero-order valence-corrected chi connectivity index (χ0v) is 9.59. The Hall–Kier alpha value is -1.49. The Labute approximate surface area is 95.0 Å². The second-order valence-corrected chi connectivity index (χ2v) is 3.59. The number of hydrogen-bond donors (Lipinski definition) is 1. The molecule has 0 aliphatic carbocycles. The third-order valence-corrected chi connectivity index (χ3v) is 2.59. The zero-order chi connectivity index (χ0) is 12.0. The number of rotatable bonds is 5. The fourth-order valence-corrected chi connectivity index (χ4v) is 1.54. The molecular formula is C11H17N3O2. The van der Waals surface area contributed by atoms with Crippen LogP contribution in [0.3, 0.4) is 0 Å². The van der Waals surface area contributed by atoms with E-state index in [0.29, 0.717) is 0 Å². The first-order chi connectivity index (χ1) is 7.69. The summed E-state index contributed by atoms with van der Waals surface area (Å²) in [5.74, 6) is -0.382. The van der Waals surface area contributed by atoms with Crippen molar-refractivity contribution in [3.05, 3.63) is 24.3 Å². The standard InChI is InChI=1S/C11H17N3O2/c1-3-9(12)8(6-11(15)16-2)10-4-5-13-7-14-10/h4-5,7-9H,3,6,12H2,1-2H3. The van der Waals surface area contributed by atoms with Gasteiger partial charge in [0.15, 0.2) is 0 Å². The first kappa shape index (κ1) is 12.6. The highest BCUT2D eigenvalue weighted by Gasteiger charge is 2.23. The molecule has 2 N–H and O–H groups in total. The lowest BCUT2D eigenvalue weighted by molar-refractivity contribution is -0.141. The van der Waals surface area contributed by atoms with Crippen LogP contribution in [0.2, 0.25) is 0 Å². The molecule has 2 unspecified atom stereocenters. The molecule has 2 atom stereocenters. The van der Waals surface area contributed by atoms with Crippen LogP contribution in [0, 0.1) is 0 Å². The molecule has 0 saturated heterocycles. The Morgan fingerprint density at radius 1 is 1.62 bits per heavy atom. The van der Waals surface area contributed by atoms with Gasteiger partial charge in [-0.1, -0.05) is 6.92 Å². The summed E-state index contributed by atoms with van der Waals surface area (Å²) in [5, 5.41) is 0. The van der Waals surface area contributed by atoms with E-state index < -0.39 is 0 Å². The Bertz CT molecular complexity index is 329. The van der Waals surface area contributed by atoms with Gasteiger partial charge in [-0.05, 0) is 12.5 Å². The number of ether oxygens (including phenoxy) is 1. The van der Waals surface area contributed by atoms with Crippen molar-refractivity contribution in [2.45, 2.75) is 31.7 Å². The molecule has 0 radical (unpaired) electrons. The number of esters is 1. The molecule has 1 rings (SSSR count). The highest BCUT2D eigenvalue weighted by molar-refractivity contribution is 5.70.